The van der Waals surface area contributed by atoms with E-state index in [2.05, 4.69) is 27.7 Å². The Labute approximate surface area is 137 Å². The van der Waals surface area contributed by atoms with Gasteiger partial charge in [0.15, 0.2) is 0 Å². The maximum Gasteiger partial charge on any atom is 0.0599 e. The highest BCUT2D eigenvalue weighted by Gasteiger charge is 2.66. The molecule has 0 unspecified atom stereocenters. The Kier molecular flexibility index (Phi) is 3.18. The SMILES string of the molecule is C[C@]12CCCC[C@@]1(C)[C@H]1CC[C@]3(C)[C@H](O)CC[C@@]3(C)[C@@H]1CC2. The van der Waals surface area contributed by atoms with Crippen LogP contribution in [0.2, 0.25) is 0 Å². The van der Waals surface area contributed by atoms with Gasteiger partial charge in [0.1, 0.15) is 0 Å². The Morgan fingerprint density at radius 3 is 2.00 bits per heavy atom. The van der Waals surface area contributed by atoms with Crippen LogP contribution < -0.4 is 0 Å². The van der Waals surface area contributed by atoms with Gasteiger partial charge in [-0.3, -0.25) is 0 Å². The highest BCUT2D eigenvalue weighted by atomic mass is 16.3. The second-order valence-corrected chi connectivity index (χ2v) is 10.4. The largest absolute Gasteiger partial charge is 0.393 e. The zero-order valence-electron chi connectivity index (χ0n) is 15.3. The molecule has 0 saturated heterocycles. The minimum absolute atomic E-state index is 0.0501. The molecule has 0 aromatic carbocycles. The maximum absolute atomic E-state index is 10.7. The molecule has 0 bridgehead atoms. The van der Waals surface area contributed by atoms with Gasteiger partial charge in [0.25, 0.3) is 0 Å². The zero-order valence-corrected chi connectivity index (χ0v) is 15.3. The van der Waals surface area contributed by atoms with Gasteiger partial charge >= 0.3 is 0 Å². The van der Waals surface area contributed by atoms with Crippen LogP contribution in [0.5, 0.6) is 0 Å². The number of aliphatic hydroxyl groups is 1. The van der Waals surface area contributed by atoms with Crippen LogP contribution in [0.15, 0.2) is 0 Å². The van der Waals surface area contributed by atoms with Crippen LogP contribution in [0.25, 0.3) is 0 Å². The van der Waals surface area contributed by atoms with E-state index in [-0.39, 0.29) is 11.5 Å². The fraction of sp³-hybridized carbons (Fsp3) is 1.00. The lowest BCUT2D eigenvalue weighted by Gasteiger charge is -2.67. The van der Waals surface area contributed by atoms with Crippen molar-refractivity contribution in [2.24, 2.45) is 33.5 Å². The van der Waals surface area contributed by atoms with E-state index in [1.54, 1.807) is 0 Å². The van der Waals surface area contributed by atoms with Gasteiger partial charge in [0, 0.05) is 0 Å². The first-order chi connectivity index (χ1) is 10.3. The molecule has 0 aromatic rings. The van der Waals surface area contributed by atoms with Crippen molar-refractivity contribution in [3.63, 3.8) is 0 Å². The Balaban J connectivity index is 1.74. The normalized spacial score (nSPS) is 61.2. The zero-order chi connectivity index (χ0) is 15.8. The fourth-order valence-electron chi connectivity index (χ4n) is 7.98. The average Bonchev–Trinajstić information content (AvgIpc) is 2.72. The minimum Gasteiger partial charge on any atom is -0.393 e. The highest BCUT2D eigenvalue weighted by Crippen LogP contribution is 2.73. The minimum atomic E-state index is -0.0501. The average molecular weight is 305 g/mol. The van der Waals surface area contributed by atoms with Crippen molar-refractivity contribution in [2.45, 2.75) is 98.0 Å². The maximum atomic E-state index is 10.7. The summed E-state index contributed by atoms with van der Waals surface area (Å²) in [6, 6.07) is 0. The smallest absolute Gasteiger partial charge is 0.0599 e. The van der Waals surface area contributed by atoms with Gasteiger partial charge in [-0.25, -0.2) is 0 Å². The van der Waals surface area contributed by atoms with E-state index in [1.165, 1.54) is 57.8 Å². The van der Waals surface area contributed by atoms with Crippen LogP contribution in [0.3, 0.4) is 0 Å². The van der Waals surface area contributed by atoms with E-state index in [4.69, 9.17) is 0 Å². The van der Waals surface area contributed by atoms with E-state index in [9.17, 15) is 5.11 Å². The van der Waals surface area contributed by atoms with Crippen LogP contribution >= 0.6 is 0 Å². The summed E-state index contributed by atoms with van der Waals surface area (Å²) in [7, 11) is 0. The van der Waals surface area contributed by atoms with Gasteiger partial charge in [-0.05, 0) is 84.9 Å². The third kappa shape index (κ3) is 1.60. The van der Waals surface area contributed by atoms with Gasteiger partial charge in [0.2, 0.25) is 0 Å². The second kappa shape index (κ2) is 4.52. The lowest BCUT2D eigenvalue weighted by molar-refractivity contribution is -0.189. The predicted octanol–water partition coefficient (Wildman–Crippen LogP) is 5.56. The molecule has 0 aromatic heterocycles. The van der Waals surface area contributed by atoms with Gasteiger partial charge in [-0.1, -0.05) is 40.5 Å². The third-order valence-corrected chi connectivity index (χ3v) is 10.1. The number of aliphatic hydroxyl groups excluding tert-OH is 1. The Hall–Kier alpha value is -0.0400. The molecule has 7 atom stereocenters. The van der Waals surface area contributed by atoms with Gasteiger partial charge in [0.05, 0.1) is 6.10 Å². The molecular formula is C21H36O. The number of rotatable bonds is 0. The summed E-state index contributed by atoms with van der Waals surface area (Å²) in [5.74, 6) is 1.77. The molecule has 0 radical (unpaired) electrons. The van der Waals surface area contributed by atoms with Crippen molar-refractivity contribution >= 4 is 0 Å². The molecule has 4 aliphatic rings. The molecule has 4 fully saturated rings. The molecule has 0 heterocycles. The number of hydrogen-bond acceptors (Lipinski definition) is 1. The van der Waals surface area contributed by atoms with Crippen molar-refractivity contribution < 1.29 is 5.11 Å². The molecular weight excluding hydrogens is 268 g/mol. The quantitative estimate of drug-likeness (QED) is 0.621. The van der Waals surface area contributed by atoms with E-state index in [1.807, 2.05) is 0 Å². The Morgan fingerprint density at radius 1 is 0.636 bits per heavy atom. The first kappa shape index (κ1) is 15.5. The lowest BCUT2D eigenvalue weighted by atomic mass is 9.38. The molecule has 1 heteroatoms. The molecule has 0 amide bonds. The summed E-state index contributed by atoms with van der Waals surface area (Å²) in [6.07, 6.45) is 13.6. The monoisotopic (exact) mass is 304 g/mol. The highest BCUT2D eigenvalue weighted by molar-refractivity contribution is 5.16. The summed E-state index contributed by atoms with van der Waals surface area (Å²) in [5.41, 5.74) is 1.73. The molecule has 4 saturated carbocycles. The van der Waals surface area contributed by atoms with Crippen molar-refractivity contribution in [3.8, 4) is 0 Å². The van der Waals surface area contributed by atoms with Gasteiger partial charge in [-0.15, -0.1) is 0 Å². The fourth-order valence-corrected chi connectivity index (χ4v) is 7.98. The van der Waals surface area contributed by atoms with Crippen LogP contribution in [0.4, 0.5) is 0 Å². The first-order valence-electron chi connectivity index (χ1n) is 9.95. The van der Waals surface area contributed by atoms with Crippen LogP contribution in [0, 0.1) is 33.5 Å². The van der Waals surface area contributed by atoms with Crippen molar-refractivity contribution in [3.05, 3.63) is 0 Å². The summed E-state index contributed by atoms with van der Waals surface area (Å²) in [5, 5.41) is 10.7. The number of fused-ring (bicyclic) bond motifs is 5. The number of hydrogen-bond donors (Lipinski definition) is 1. The van der Waals surface area contributed by atoms with Crippen LogP contribution in [-0.4, -0.2) is 11.2 Å². The standard InChI is InChI=1S/C21H36O/c1-18-10-5-6-11-19(18,2)15-8-13-21(4)17(22)9-14-20(21,3)16(15)7-12-18/h15-17,22H,5-14H2,1-4H3/t15-,16+,17+,18+,19-,20-,21+/m0/s1. The predicted molar refractivity (Wildman–Crippen MR) is 91.6 cm³/mol. The Morgan fingerprint density at radius 2 is 1.23 bits per heavy atom. The molecule has 0 spiro atoms. The summed E-state index contributed by atoms with van der Waals surface area (Å²) in [6.45, 7) is 10.2. The molecule has 1 nitrogen and oxygen atoms in total. The molecule has 22 heavy (non-hydrogen) atoms. The van der Waals surface area contributed by atoms with Crippen molar-refractivity contribution in [1.29, 1.82) is 0 Å². The summed E-state index contributed by atoms with van der Waals surface area (Å²) >= 11 is 0. The summed E-state index contributed by atoms with van der Waals surface area (Å²) in [4.78, 5) is 0. The summed E-state index contributed by atoms with van der Waals surface area (Å²) < 4.78 is 0. The van der Waals surface area contributed by atoms with Gasteiger partial charge in [-0.2, -0.15) is 0 Å². The van der Waals surface area contributed by atoms with E-state index in [0.717, 1.165) is 18.3 Å². The van der Waals surface area contributed by atoms with E-state index < -0.39 is 0 Å². The third-order valence-electron chi connectivity index (χ3n) is 10.1. The topological polar surface area (TPSA) is 20.2 Å². The first-order valence-corrected chi connectivity index (χ1v) is 9.95. The Bertz CT molecular complexity index is 465. The van der Waals surface area contributed by atoms with E-state index in [0.29, 0.717) is 16.2 Å². The molecule has 4 aliphatic carbocycles. The second-order valence-electron chi connectivity index (χ2n) is 10.4. The molecule has 0 aliphatic heterocycles. The van der Waals surface area contributed by atoms with E-state index >= 15 is 0 Å². The van der Waals surface area contributed by atoms with Gasteiger partial charge < -0.3 is 5.11 Å². The molecule has 126 valence electrons. The molecule has 1 N–H and O–H groups in total. The molecule has 4 rings (SSSR count). The van der Waals surface area contributed by atoms with Crippen molar-refractivity contribution in [1.82, 2.24) is 0 Å². The van der Waals surface area contributed by atoms with Crippen molar-refractivity contribution in [2.75, 3.05) is 0 Å². The van der Waals surface area contributed by atoms with Crippen LogP contribution in [0.1, 0.15) is 91.9 Å². The lowest BCUT2D eigenvalue weighted by Crippen LogP contribution is -2.60. The van der Waals surface area contributed by atoms with Crippen LogP contribution in [-0.2, 0) is 0 Å².